The quantitative estimate of drug-likeness (QED) is 0.851. The summed E-state index contributed by atoms with van der Waals surface area (Å²) in [5.74, 6) is -0.219. The van der Waals surface area contributed by atoms with Crippen molar-refractivity contribution in [2.24, 2.45) is 5.73 Å². The van der Waals surface area contributed by atoms with Crippen molar-refractivity contribution in [3.8, 4) is 0 Å². The SMILES string of the molecule is CCN(c1ccc(F)cc1)c1ccc(CC(C)N)c(Br)c1. The maximum atomic E-state index is 13.1. The molecule has 1 atom stereocenters. The Morgan fingerprint density at radius 1 is 1.14 bits per heavy atom. The minimum atomic E-state index is -0.219. The molecule has 2 rings (SSSR count). The molecule has 0 bridgehead atoms. The molecule has 0 saturated carbocycles. The zero-order valence-corrected chi connectivity index (χ0v) is 13.9. The van der Waals surface area contributed by atoms with E-state index in [1.54, 1.807) is 12.1 Å². The first-order valence-electron chi connectivity index (χ1n) is 7.08. The lowest BCUT2D eigenvalue weighted by molar-refractivity contribution is 0.628. The standard InChI is InChI=1S/C17H20BrFN2/c1-3-21(15-8-5-14(19)6-9-15)16-7-4-13(10-12(2)20)17(18)11-16/h4-9,11-12H,3,10,20H2,1-2H3. The molecule has 4 heteroatoms. The van der Waals surface area contributed by atoms with Gasteiger partial charge >= 0.3 is 0 Å². The molecule has 0 amide bonds. The number of halogens is 2. The molecule has 0 aliphatic carbocycles. The van der Waals surface area contributed by atoms with Crippen molar-refractivity contribution in [2.75, 3.05) is 11.4 Å². The number of nitrogens with two attached hydrogens (primary N) is 1. The second kappa shape index (κ2) is 7.05. The summed E-state index contributed by atoms with van der Waals surface area (Å²) < 4.78 is 14.1. The fourth-order valence-corrected chi connectivity index (χ4v) is 2.88. The Balaban J connectivity index is 2.30. The van der Waals surface area contributed by atoms with Gasteiger partial charge in [-0.1, -0.05) is 22.0 Å². The molecule has 2 N–H and O–H groups in total. The summed E-state index contributed by atoms with van der Waals surface area (Å²) >= 11 is 3.62. The summed E-state index contributed by atoms with van der Waals surface area (Å²) in [7, 11) is 0. The lowest BCUT2D eigenvalue weighted by Gasteiger charge is -2.24. The van der Waals surface area contributed by atoms with E-state index in [2.05, 4.69) is 46.0 Å². The highest BCUT2D eigenvalue weighted by molar-refractivity contribution is 9.10. The van der Waals surface area contributed by atoms with E-state index in [9.17, 15) is 4.39 Å². The van der Waals surface area contributed by atoms with Crippen LogP contribution in [-0.4, -0.2) is 12.6 Å². The average Bonchev–Trinajstić information content (AvgIpc) is 2.44. The minimum absolute atomic E-state index is 0.131. The Labute approximate surface area is 133 Å². The van der Waals surface area contributed by atoms with Gasteiger partial charge in [0.2, 0.25) is 0 Å². The zero-order chi connectivity index (χ0) is 15.4. The lowest BCUT2D eigenvalue weighted by Crippen LogP contribution is -2.19. The third kappa shape index (κ3) is 4.05. The Morgan fingerprint density at radius 3 is 2.29 bits per heavy atom. The predicted octanol–water partition coefficient (Wildman–Crippen LogP) is 4.64. The maximum Gasteiger partial charge on any atom is 0.123 e. The van der Waals surface area contributed by atoms with Crippen LogP contribution in [0.5, 0.6) is 0 Å². The Morgan fingerprint density at radius 2 is 1.76 bits per heavy atom. The average molecular weight is 351 g/mol. The molecule has 2 aromatic carbocycles. The fraction of sp³-hybridized carbons (Fsp3) is 0.294. The summed E-state index contributed by atoms with van der Waals surface area (Å²) in [6.07, 6.45) is 0.837. The highest BCUT2D eigenvalue weighted by Crippen LogP contribution is 2.30. The van der Waals surface area contributed by atoms with Crippen molar-refractivity contribution in [1.82, 2.24) is 0 Å². The molecule has 112 valence electrons. The first-order valence-corrected chi connectivity index (χ1v) is 7.87. The van der Waals surface area contributed by atoms with E-state index < -0.39 is 0 Å². The van der Waals surface area contributed by atoms with Gasteiger partial charge in [-0.3, -0.25) is 0 Å². The molecule has 0 saturated heterocycles. The molecule has 2 nitrogen and oxygen atoms in total. The van der Waals surface area contributed by atoms with Crippen LogP contribution in [0.3, 0.4) is 0 Å². The zero-order valence-electron chi connectivity index (χ0n) is 12.3. The molecule has 0 spiro atoms. The number of nitrogens with zero attached hydrogens (tertiary/aromatic N) is 1. The molecule has 0 aliphatic rings. The Kier molecular flexibility index (Phi) is 5.37. The number of anilines is 2. The maximum absolute atomic E-state index is 13.1. The van der Waals surface area contributed by atoms with Crippen LogP contribution in [-0.2, 0) is 6.42 Å². The van der Waals surface area contributed by atoms with E-state index in [-0.39, 0.29) is 11.9 Å². The second-order valence-electron chi connectivity index (χ2n) is 5.18. The Bertz CT molecular complexity index is 596. The van der Waals surface area contributed by atoms with Gasteiger partial charge in [-0.05, 0) is 62.2 Å². The predicted molar refractivity (Wildman–Crippen MR) is 90.6 cm³/mol. The van der Waals surface area contributed by atoms with Gasteiger partial charge in [-0.2, -0.15) is 0 Å². The minimum Gasteiger partial charge on any atom is -0.342 e. The lowest BCUT2D eigenvalue weighted by atomic mass is 10.1. The van der Waals surface area contributed by atoms with Gasteiger partial charge in [0.15, 0.2) is 0 Å². The number of rotatable bonds is 5. The van der Waals surface area contributed by atoms with E-state index in [1.807, 2.05) is 6.92 Å². The van der Waals surface area contributed by atoms with Gasteiger partial charge in [0.1, 0.15) is 5.82 Å². The van der Waals surface area contributed by atoms with E-state index >= 15 is 0 Å². The summed E-state index contributed by atoms with van der Waals surface area (Å²) in [6.45, 7) is 4.88. The van der Waals surface area contributed by atoms with Crippen molar-refractivity contribution in [3.05, 3.63) is 58.3 Å². The van der Waals surface area contributed by atoms with Gasteiger partial charge < -0.3 is 10.6 Å². The molecular formula is C17H20BrFN2. The first-order chi connectivity index (χ1) is 10.0. The fourth-order valence-electron chi connectivity index (χ4n) is 2.35. The molecule has 2 aromatic rings. The van der Waals surface area contributed by atoms with Crippen LogP contribution in [0.15, 0.2) is 46.9 Å². The van der Waals surface area contributed by atoms with Crippen molar-refractivity contribution in [1.29, 1.82) is 0 Å². The van der Waals surface area contributed by atoms with E-state index in [0.717, 1.165) is 28.8 Å². The number of hydrogen-bond donors (Lipinski definition) is 1. The molecular weight excluding hydrogens is 331 g/mol. The third-order valence-corrected chi connectivity index (χ3v) is 4.08. The van der Waals surface area contributed by atoms with Crippen LogP contribution in [0.25, 0.3) is 0 Å². The third-order valence-electron chi connectivity index (χ3n) is 3.34. The highest BCUT2D eigenvalue weighted by atomic mass is 79.9. The summed E-state index contributed by atoms with van der Waals surface area (Å²) in [6, 6.07) is 12.9. The Hall–Kier alpha value is -1.39. The largest absolute Gasteiger partial charge is 0.342 e. The monoisotopic (exact) mass is 350 g/mol. The summed E-state index contributed by atoms with van der Waals surface area (Å²) in [5, 5.41) is 0. The van der Waals surface area contributed by atoms with Gasteiger partial charge in [-0.15, -0.1) is 0 Å². The normalized spacial score (nSPS) is 12.2. The van der Waals surface area contributed by atoms with Crippen LogP contribution >= 0.6 is 15.9 Å². The van der Waals surface area contributed by atoms with Gasteiger partial charge in [0.05, 0.1) is 0 Å². The molecule has 0 heterocycles. The number of hydrogen-bond acceptors (Lipinski definition) is 2. The molecule has 21 heavy (non-hydrogen) atoms. The number of benzene rings is 2. The van der Waals surface area contributed by atoms with Gasteiger partial charge in [0.25, 0.3) is 0 Å². The van der Waals surface area contributed by atoms with Crippen LogP contribution in [0, 0.1) is 5.82 Å². The van der Waals surface area contributed by atoms with Crippen molar-refractivity contribution >= 4 is 27.3 Å². The second-order valence-corrected chi connectivity index (χ2v) is 6.03. The van der Waals surface area contributed by atoms with Crippen LogP contribution in [0.4, 0.5) is 15.8 Å². The molecule has 0 fully saturated rings. The van der Waals surface area contributed by atoms with E-state index in [1.165, 1.54) is 17.7 Å². The first kappa shape index (κ1) is 16.0. The van der Waals surface area contributed by atoms with Gasteiger partial charge in [-0.25, -0.2) is 4.39 Å². The topological polar surface area (TPSA) is 29.3 Å². The summed E-state index contributed by atoms with van der Waals surface area (Å²) in [4.78, 5) is 2.14. The van der Waals surface area contributed by atoms with Gasteiger partial charge in [0, 0.05) is 28.4 Å². The van der Waals surface area contributed by atoms with Crippen LogP contribution in [0.1, 0.15) is 19.4 Å². The highest BCUT2D eigenvalue weighted by Gasteiger charge is 2.10. The molecule has 0 aliphatic heterocycles. The van der Waals surface area contributed by atoms with E-state index in [4.69, 9.17) is 5.73 Å². The molecule has 1 unspecified atom stereocenters. The summed E-state index contributed by atoms with van der Waals surface area (Å²) in [5.41, 5.74) is 9.10. The molecule has 0 aromatic heterocycles. The van der Waals surface area contributed by atoms with Crippen LogP contribution in [0.2, 0.25) is 0 Å². The van der Waals surface area contributed by atoms with E-state index in [0.29, 0.717) is 0 Å². The van der Waals surface area contributed by atoms with Crippen LogP contribution < -0.4 is 10.6 Å². The van der Waals surface area contributed by atoms with Crippen molar-refractivity contribution in [3.63, 3.8) is 0 Å². The molecule has 0 radical (unpaired) electrons. The van der Waals surface area contributed by atoms with Crippen molar-refractivity contribution in [2.45, 2.75) is 26.3 Å². The smallest absolute Gasteiger partial charge is 0.123 e. The van der Waals surface area contributed by atoms with Crippen molar-refractivity contribution < 1.29 is 4.39 Å².